The monoisotopic (exact) mass is 485 g/mol. The number of nitrogens with zero attached hydrogens (tertiary/aromatic N) is 4. The van der Waals surface area contributed by atoms with Crippen LogP contribution in [0, 0.1) is 0 Å². The summed E-state index contributed by atoms with van der Waals surface area (Å²) in [5.41, 5.74) is -0.0962. The van der Waals surface area contributed by atoms with E-state index in [4.69, 9.17) is 9.47 Å². The second kappa shape index (κ2) is 7.09. The molecule has 184 valence electrons. The number of alkyl halides is 2. The Hall–Kier alpha value is -3.34. The lowest BCUT2D eigenvalue weighted by atomic mass is 9.62. The molecular formula is C24H25F2N5O4. The number of carbonyl (C=O) groups excluding carboxylic acids is 1. The number of aromatic nitrogens is 4. The molecule has 0 radical (unpaired) electrons. The van der Waals surface area contributed by atoms with E-state index in [9.17, 15) is 18.4 Å². The molecule has 2 bridgehead atoms. The van der Waals surface area contributed by atoms with Crippen molar-refractivity contribution in [3.05, 3.63) is 52.3 Å². The summed E-state index contributed by atoms with van der Waals surface area (Å²) in [4.78, 5) is 35.1. The van der Waals surface area contributed by atoms with Crippen LogP contribution < -0.4 is 15.6 Å². The summed E-state index contributed by atoms with van der Waals surface area (Å²) < 4.78 is 41.3. The van der Waals surface area contributed by atoms with E-state index in [1.807, 2.05) is 6.20 Å². The lowest BCUT2D eigenvalue weighted by Crippen LogP contribution is -2.45. The molecule has 1 atom stereocenters. The quantitative estimate of drug-likeness (QED) is 0.575. The third-order valence-corrected chi connectivity index (χ3v) is 7.02. The highest BCUT2D eigenvalue weighted by Crippen LogP contribution is 2.58. The minimum absolute atomic E-state index is 0.0748. The van der Waals surface area contributed by atoms with Crippen LogP contribution in [-0.2, 0) is 10.2 Å². The number of anilines is 1. The topological polar surface area (TPSA) is 99.8 Å². The molecule has 1 unspecified atom stereocenters. The molecular weight excluding hydrogens is 460 g/mol. The summed E-state index contributed by atoms with van der Waals surface area (Å²) >= 11 is 0. The number of pyridine rings is 1. The van der Waals surface area contributed by atoms with E-state index < -0.39 is 29.9 Å². The molecule has 3 aromatic heterocycles. The average Bonchev–Trinajstić information content (AvgIpc) is 3.11. The summed E-state index contributed by atoms with van der Waals surface area (Å²) in [6, 6.07) is 1.64. The number of ether oxygens (including phenoxy) is 2. The third-order valence-electron chi connectivity index (χ3n) is 7.02. The number of carbonyl (C=O) groups is 1. The summed E-state index contributed by atoms with van der Waals surface area (Å²) in [5.74, 6) is -3.09. The van der Waals surface area contributed by atoms with Crippen LogP contribution >= 0.6 is 0 Å². The Balaban J connectivity index is 1.34. The molecule has 35 heavy (non-hydrogen) atoms. The Labute approximate surface area is 199 Å². The van der Waals surface area contributed by atoms with Gasteiger partial charge >= 0.3 is 0 Å². The first-order chi connectivity index (χ1) is 16.5. The van der Waals surface area contributed by atoms with Crippen molar-refractivity contribution in [2.75, 3.05) is 11.9 Å². The van der Waals surface area contributed by atoms with Crippen LogP contribution in [-0.4, -0.2) is 49.1 Å². The lowest BCUT2D eigenvalue weighted by Gasteiger charge is -2.41. The van der Waals surface area contributed by atoms with Crippen molar-refractivity contribution in [1.29, 1.82) is 0 Å². The van der Waals surface area contributed by atoms with Crippen LogP contribution in [0.25, 0.3) is 5.78 Å². The molecule has 1 amide bonds. The SMILES string of the molecule is CC(C)Oc1nc2nc(C34COC(C)(C3)C4)cn2cc1C(=O)Nc1cccn(C2CC2(F)F)c1=O. The number of halogens is 2. The maximum Gasteiger partial charge on any atom is 0.274 e. The normalized spacial score (nSPS) is 28.2. The fourth-order valence-corrected chi connectivity index (χ4v) is 5.32. The van der Waals surface area contributed by atoms with Crippen LogP contribution in [0.2, 0.25) is 0 Å². The second-order valence-electron chi connectivity index (χ2n) is 10.4. The molecule has 11 heteroatoms. The zero-order valence-corrected chi connectivity index (χ0v) is 19.5. The van der Waals surface area contributed by atoms with E-state index in [1.54, 1.807) is 24.4 Å². The van der Waals surface area contributed by atoms with Crippen molar-refractivity contribution >= 4 is 17.4 Å². The van der Waals surface area contributed by atoms with Gasteiger partial charge in [0.1, 0.15) is 17.3 Å². The number of nitrogens with one attached hydrogen (secondary N) is 1. The molecule has 5 heterocycles. The van der Waals surface area contributed by atoms with Crippen molar-refractivity contribution in [3.8, 4) is 5.88 Å². The van der Waals surface area contributed by atoms with Gasteiger partial charge in [-0.3, -0.25) is 14.0 Å². The third kappa shape index (κ3) is 3.51. The van der Waals surface area contributed by atoms with Crippen molar-refractivity contribution in [1.82, 2.24) is 18.9 Å². The highest BCUT2D eigenvalue weighted by atomic mass is 19.3. The first kappa shape index (κ1) is 22.1. The van der Waals surface area contributed by atoms with E-state index in [2.05, 4.69) is 22.2 Å². The summed E-state index contributed by atoms with van der Waals surface area (Å²) in [6.45, 7) is 6.29. The molecule has 7 rings (SSSR count). The maximum atomic E-state index is 13.5. The van der Waals surface area contributed by atoms with Crippen molar-refractivity contribution in [2.45, 2.75) is 69.1 Å². The number of fused-ring (bicyclic) bond motifs is 2. The van der Waals surface area contributed by atoms with Crippen molar-refractivity contribution < 1.29 is 23.0 Å². The Morgan fingerprint density at radius 2 is 2.03 bits per heavy atom. The predicted molar refractivity (Wildman–Crippen MR) is 121 cm³/mol. The van der Waals surface area contributed by atoms with Gasteiger partial charge in [0.2, 0.25) is 11.7 Å². The standard InChI is InChI=1S/C24H25F2N5O4/c1-13(2)35-19-14(18(32)27-15-5-4-6-31(20(15)33)17-7-24(17,25)26)8-30-9-16(28-21(30)29-19)23-10-22(3,11-23)34-12-23/h4-6,8-9,13,17H,7,10-12H2,1-3H3,(H,27,32). The van der Waals surface area contributed by atoms with E-state index in [-0.39, 0.29) is 34.3 Å². The van der Waals surface area contributed by atoms with Gasteiger partial charge in [-0.25, -0.2) is 13.8 Å². The Morgan fingerprint density at radius 3 is 2.66 bits per heavy atom. The molecule has 3 aromatic rings. The molecule has 4 fully saturated rings. The van der Waals surface area contributed by atoms with Gasteiger partial charge in [-0.1, -0.05) is 0 Å². The zero-order chi connectivity index (χ0) is 24.8. The van der Waals surface area contributed by atoms with Gasteiger partial charge in [0, 0.05) is 30.4 Å². The van der Waals surface area contributed by atoms with E-state index >= 15 is 0 Å². The predicted octanol–water partition coefficient (Wildman–Crippen LogP) is 3.33. The second-order valence-corrected chi connectivity index (χ2v) is 10.4. The van der Waals surface area contributed by atoms with Crippen LogP contribution in [0.1, 0.15) is 62.1 Å². The molecule has 2 aliphatic carbocycles. The van der Waals surface area contributed by atoms with Gasteiger partial charge in [-0.15, -0.1) is 0 Å². The van der Waals surface area contributed by atoms with Crippen LogP contribution in [0.4, 0.5) is 14.5 Å². The Kier molecular flexibility index (Phi) is 4.49. The fraction of sp³-hybridized carbons (Fsp3) is 0.500. The average molecular weight is 485 g/mol. The van der Waals surface area contributed by atoms with E-state index in [0.29, 0.717) is 12.4 Å². The van der Waals surface area contributed by atoms with Gasteiger partial charge in [-0.05, 0) is 45.7 Å². The van der Waals surface area contributed by atoms with Crippen LogP contribution in [0.15, 0.2) is 35.5 Å². The molecule has 2 aliphatic heterocycles. The molecule has 2 saturated heterocycles. The van der Waals surface area contributed by atoms with Gasteiger partial charge in [0.25, 0.3) is 17.4 Å². The first-order valence-corrected chi connectivity index (χ1v) is 11.6. The fourth-order valence-electron chi connectivity index (χ4n) is 5.32. The highest BCUT2D eigenvalue weighted by Gasteiger charge is 2.61. The van der Waals surface area contributed by atoms with Crippen molar-refractivity contribution in [2.24, 2.45) is 0 Å². The smallest absolute Gasteiger partial charge is 0.274 e. The molecule has 2 saturated carbocycles. The maximum absolute atomic E-state index is 13.5. The van der Waals surface area contributed by atoms with Gasteiger partial charge in [0.15, 0.2) is 0 Å². The van der Waals surface area contributed by atoms with Gasteiger partial charge in [0.05, 0.1) is 24.0 Å². The molecule has 9 nitrogen and oxygen atoms in total. The van der Waals surface area contributed by atoms with Crippen LogP contribution in [0.5, 0.6) is 5.88 Å². The van der Waals surface area contributed by atoms with Gasteiger partial charge < -0.3 is 19.4 Å². The molecule has 1 N–H and O–H groups in total. The molecule has 0 spiro atoms. The van der Waals surface area contributed by atoms with Gasteiger partial charge in [-0.2, -0.15) is 4.98 Å². The van der Waals surface area contributed by atoms with E-state index in [1.165, 1.54) is 18.3 Å². The lowest BCUT2D eigenvalue weighted by molar-refractivity contribution is 0.0154. The number of amides is 1. The largest absolute Gasteiger partial charge is 0.474 e. The summed E-state index contributed by atoms with van der Waals surface area (Å²) in [7, 11) is 0. The zero-order valence-electron chi connectivity index (χ0n) is 19.5. The molecule has 4 aliphatic rings. The molecule has 0 aromatic carbocycles. The summed E-state index contributed by atoms with van der Waals surface area (Å²) in [6.07, 6.45) is 5.80. The van der Waals surface area contributed by atoms with Crippen LogP contribution in [0.3, 0.4) is 0 Å². The van der Waals surface area contributed by atoms with Crippen molar-refractivity contribution in [3.63, 3.8) is 0 Å². The number of hydrogen-bond donors (Lipinski definition) is 1. The minimum Gasteiger partial charge on any atom is -0.474 e. The number of imidazole rings is 1. The summed E-state index contributed by atoms with van der Waals surface area (Å²) in [5, 5.41) is 2.55. The Morgan fingerprint density at radius 1 is 1.29 bits per heavy atom. The first-order valence-electron chi connectivity index (χ1n) is 11.6. The number of hydrogen-bond acceptors (Lipinski definition) is 6. The minimum atomic E-state index is -2.92. The van der Waals surface area contributed by atoms with E-state index in [0.717, 1.165) is 23.1 Å². The highest BCUT2D eigenvalue weighted by molar-refractivity contribution is 6.05. The number of rotatable bonds is 6. The Bertz CT molecular complexity index is 1420.